The summed E-state index contributed by atoms with van der Waals surface area (Å²) in [5.74, 6) is -0.156. The lowest BCUT2D eigenvalue weighted by Gasteiger charge is -2.10. The predicted molar refractivity (Wildman–Crippen MR) is 82.0 cm³/mol. The quantitative estimate of drug-likeness (QED) is 0.837. The van der Waals surface area contributed by atoms with Crippen molar-refractivity contribution in [1.82, 2.24) is 4.72 Å². The van der Waals surface area contributed by atoms with Crippen LogP contribution in [0.15, 0.2) is 53.4 Å². The minimum Gasteiger partial charge on any atom is -0.497 e. The minimum atomic E-state index is -3.85. The summed E-state index contributed by atoms with van der Waals surface area (Å²) in [6.45, 7) is 0.0760. The summed E-state index contributed by atoms with van der Waals surface area (Å²) in [5, 5.41) is 0. The molecule has 0 aliphatic heterocycles. The van der Waals surface area contributed by atoms with Crippen LogP contribution in [-0.4, -0.2) is 21.4 Å². The molecule has 0 saturated heterocycles. The van der Waals surface area contributed by atoms with Crippen molar-refractivity contribution in [3.8, 4) is 5.75 Å². The van der Waals surface area contributed by atoms with Gasteiger partial charge in [0, 0.05) is 6.54 Å². The zero-order chi connectivity index (χ0) is 16.2. The largest absolute Gasteiger partial charge is 0.497 e. The minimum absolute atomic E-state index is 0.0411. The molecular weight excluding hydrogens is 304 g/mol. The average Bonchev–Trinajstić information content (AvgIpc) is 2.53. The highest BCUT2D eigenvalue weighted by Gasteiger charge is 2.20. The molecule has 2 rings (SSSR count). The number of methoxy groups -OCH3 is 1. The normalized spacial score (nSPS) is 11.1. The highest BCUT2D eigenvalue weighted by molar-refractivity contribution is 7.89. The van der Waals surface area contributed by atoms with Crippen molar-refractivity contribution >= 4 is 15.9 Å². The Hall–Kier alpha value is -2.38. The second-order valence-corrected chi connectivity index (χ2v) is 6.27. The smallest absolute Gasteiger partial charge is 0.250 e. The third-order valence-corrected chi connectivity index (χ3v) is 4.50. The van der Waals surface area contributed by atoms with Gasteiger partial charge in [0.15, 0.2) is 0 Å². The van der Waals surface area contributed by atoms with Crippen molar-refractivity contribution in [3.63, 3.8) is 0 Å². The van der Waals surface area contributed by atoms with Gasteiger partial charge in [-0.05, 0) is 29.8 Å². The summed E-state index contributed by atoms with van der Waals surface area (Å²) in [7, 11) is -2.31. The molecule has 6 nitrogen and oxygen atoms in total. The van der Waals surface area contributed by atoms with Crippen LogP contribution in [0.3, 0.4) is 0 Å². The van der Waals surface area contributed by atoms with Gasteiger partial charge in [0.1, 0.15) is 5.75 Å². The number of carbonyl (C=O) groups excluding carboxylic acids is 1. The van der Waals surface area contributed by atoms with Crippen molar-refractivity contribution < 1.29 is 17.9 Å². The van der Waals surface area contributed by atoms with E-state index in [2.05, 4.69) is 4.72 Å². The Kier molecular flexibility index (Phi) is 4.79. The number of carbonyl (C=O) groups is 1. The van der Waals surface area contributed by atoms with Crippen molar-refractivity contribution in [2.24, 2.45) is 5.73 Å². The van der Waals surface area contributed by atoms with E-state index in [0.717, 1.165) is 5.56 Å². The number of hydrogen-bond donors (Lipinski definition) is 2. The van der Waals surface area contributed by atoms with Crippen LogP contribution < -0.4 is 15.2 Å². The zero-order valence-electron chi connectivity index (χ0n) is 11.9. The monoisotopic (exact) mass is 320 g/mol. The number of nitrogens with two attached hydrogens (primary N) is 1. The molecule has 3 N–H and O–H groups in total. The molecule has 7 heteroatoms. The first-order valence-corrected chi connectivity index (χ1v) is 7.94. The maximum atomic E-state index is 12.3. The molecule has 0 spiro atoms. The van der Waals surface area contributed by atoms with Gasteiger partial charge in [-0.15, -0.1) is 0 Å². The number of sulfonamides is 1. The standard InChI is InChI=1S/C15H16N2O4S/c1-21-12-6-4-5-11(9-12)10-17-22(19,20)14-8-3-2-7-13(14)15(16)18/h2-9,17H,10H2,1H3,(H2,16,18). The summed E-state index contributed by atoms with van der Waals surface area (Å²) in [5.41, 5.74) is 5.90. The first kappa shape index (κ1) is 16.0. The van der Waals surface area contributed by atoms with Gasteiger partial charge in [0.25, 0.3) is 0 Å². The average molecular weight is 320 g/mol. The van der Waals surface area contributed by atoms with Crippen molar-refractivity contribution in [2.45, 2.75) is 11.4 Å². The van der Waals surface area contributed by atoms with Crippen LogP contribution in [0.4, 0.5) is 0 Å². The van der Waals surface area contributed by atoms with E-state index < -0.39 is 15.9 Å². The van der Waals surface area contributed by atoms with Crippen LogP contribution in [0.2, 0.25) is 0 Å². The van der Waals surface area contributed by atoms with Crippen molar-refractivity contribution in [3.05, 3.63) is 59.7 Å². The van der Waals surface area contributed by atoms with Gasteiger partial charge in [0.05, 0.1) is 17.6 Å². The molecule has 0 heterocycles. The van der Waals surface area contributed by atoms with E-state index in [-0.39, 0.29) is 17.0 Å². The summed E-state index contributed by atoms with van der Waals surface area (Å²) < 4.78 is 32.2. The van der Waals surface area contributed by atoms with Gasteiger partial charge in [-0.25, -0.2) is 13.1 Å². The van der Waals surface area contributed by atoms with Gasteiger partial charge in [-0.3, -0.25) is 4.79 Å². The van der Waals surface area contributed by atoms with E-state index in [0.29, 0.717) is 5.75 Å². The van der Waals surface area contributed by atoms with E-state index in [1.165, 1.54) is 25.3 Å². The maximum Gasteiger partial charge on any atom is 0.250 e. The topological polar surface area (TPSA) is 98.5 Å². The molecule has 0 saturated carbocycles. The van der Waals surface area contributed by atoms with Crippen LogP contribution >= 0.6 is 0 Å². The number of hydrogen-bond acceptors (Lipinski definition) is 4. The fraction of sp³-hybridized carbons (Fsp3) is 0.133. The molecule has 0 bridgehead atoms. The fourth-order valence-corrected chi connectivity index (χ4v) is 3.17. The molecule has 2 aromatic carbocycles. The lowest BCUT2D eigenvalue weighted by molar-refractivity contribution is 0.0997. The SMILES string of the molecule is COc1cccc(CNS(=O)(=O)c2ccccc2C(N)=O)c1. The van der Waals surface area contributed by atoms with Crippen molar-refractivity contribution in [2.75, 3.05) is 7.11 Å². The van der Waals surface area contributed by atoms with Gasteiger partial charge in [-0.1, -0.05) is 24.3 Å². The second kappa shape index (κ2) is 6.59. The number of nitrogens with one attached hydrogen (secondary N) is 1. The van der Waals surface area contributed by atoms with Crippen molar-refractivity contribution in [1.29, 1.82) is 0 Å². The van der Waals surface area contributed by atoms with E-state index in [4.69, 9.17) is 10.5 Å². The van der Waals surface area contributed by atoms with Gasteiger partial charge >= 0.3 is 0 Å². The molecule has 1 amide bonds. The molecule has 0 radical (unpaired) electrons. The fourth-order valence-electron chi connectivity index (χ4n) is 1.94. The summed E-state index contributed by atoms with van der Waals surface area (Å²) in [4.78, 5) is 11.2. The van der Waals surface area contributed by atoms with E-state index >= 15 is 0 Å². The third kappa shape index (κ3) is 3.63. The Balaban J connectivity index is 2.23. The Labute approximate surface area is 129 Å². The third-order valence-electron chi connectivity index (χ3n) is 3.04. The number of benzene rings is 2. The van der Waals surface area contributed by atoms with Crippen LogP contribution in [0.5, 0.6) is 5.75 Å². The highest BCUT2D eigenvalue weighted by Crippen LogP contribution is 2.16. The Bertz CT molecular complexity index is 788. The molecule has 2 aromatic rings. The van der Waals surface area contributed by atoms with Crippen LogP contribution in [0.1, 0.15) is 15.9 Å². The Morgan fingerprint density at radius 3 is 2.59 bits per heavy atom. The second-order valence-electron chi connectivity index (χ2n) is 4.54. The lowest BCUT2D eigenvalue weighted by Crippen LogP contribution is -2.26. The highest BCUT2D eigenvalue weighted by atomic mass is 32.2. The molecule has 0 fully saturated rings. The molecule has 0 atom stereocenters. The van der Waals surface area contributed by atoms with Crippen LogP contribution in [0.25, 0.3) is 0 Å². The molecule has 0 aliphatic rings. The van der Waals surface area contributed by atoms with Crippen LogP contribution in [-0.2, 0) is 16.6 Å². The molecule has 116 valence electrons. The molecular formula is C15H16N2O4S. The Morgan fingerprint density at radius 2 is 1.91 bits per heavy atom. The molecule has 0 aliphatic carbocycles. The summed E-state index contributed by atoms with van der Waals surface area (Å²) in [6, 6.07) is 12.8. The lowest BCUT2D eigenvalue weighted by atomic mass is 10.2. The number of primary amides is 1. The van der Waals surface area contributed by atoms with E-state index in [1.54, 1.807) is 30.3 Å². The maximum absolute atomic E-state index is 12.3. The summed E-state index contributed by atoms with van der Waals surface area (Å²) >= 11 is 0. The first-order valence-electron chi connectivity index (χ1n) is 6.45. The zero-order valence-corrected chi connectivity index (χ0v) is 12.8. The van der Waals surface area contributed by atoms with E-state index in [9.17, 15) is 13.2 Å². The molecule has 22 heavy (non-hydrogen) atoms. The number of rotatable bonds is 6. The van der Waals surface area contributed by atoms with Gasteiger partial charge in [0.2, 0.25) is 15.9 Å². The Morgan fingerprint density at radius 1 is 1.18 bits per heavy atom. The van der Waals surface area contributed by atoms with Gasteiger partial charge in [-0.2, -0.15) is 0 Å². The number of amides is 1. The van der Waals surface area contributed by atoms with Gasteiger partial charge < -0.3 is 10.5 Å². The number of ether oxygens (including phenoxy) is 1. The first-order chi connectivity index (χ1) is 10.4. The molecule has 0 unspecified atom stereocenters. The van der Waals surface area contributed by atoms with E-state index in [1.807, 2.05) is 0 Å². The van der Waals surface area contributed by atoms with Crippen LogP contribution in [0, 0.1) is 0 Å². The molecule has 0 aromatic heterocycles. The summed E-state index contributed by atoms with van der Waals surface area (Å²) in [6.07, 6.45) is 0. The predicted octanol–water partition coefficient (Wildman–Crippen LogP) is 1.27.